The summed E-state index contributed by atoms with van der Waals surface area (Å²) in [5.41, 5.74) is 3.45. The van der Waals surface area contributed by atoms with Crippen molar-refractivity contribution >= 4 is 49.9 Å². The van der Waals surface area contributed by atoms with Gasteiger partial charge in [-0.15, -0.1) is 11.3 Å². The second-order valence-corrected chi connectivity index (χ2v) is 7.67. The Bertz CT molecular complexity index is 1000. The number of hydrogen-bond donors (Lipinski definition) is 2. The predicted molar refractivity (Wildman–Crippen MR) is 102 cm³/mol. The monoisotopic (exact) mass is 397 g/mol. The molecule has 1 amide bonds. The van der Waals surface area contributed by atoms with Crippen LogP contribution in [-0.2, 0) is 0 Å². The molecule has 6 heteroatoms. The molecule has 2 N–H and O–H groups in total. The molecule has 24 heavy (non-hydrogen) atoms. The Balaban J connectivity index is 1.71. The molecule has 0 aliphatic carbocycles. The fraction of sp³-hybridized carbons (Fsp3) is 0. The lowest BCUT2D eigenvalue weighted by atomic mass is 10.1. The molecule has 0 aliphatic rings. The van der Waals surface area contributed by atoms with Gasteiger partial charge in [0.1, 0.15) is 5.82 Å². The van der Waals surface area contributed by atoms with Crippen LogP contribution in [0.4, 0.5) is 5.69 Å². The zero-order valence-corrected chi connectivity index (χ0v) is 14.8. The molecule has 4 aromatic rings. The molecule has 0 spiro atoms. The Morgan fingerprint density at radius 3 is 2.62 bits per heavy atom. The Morgan fingerprint density at radius 2 is 1.83 bits per heavy atom. The molecular formula is C18H12BrN3OS. The number of carbonyl (C=O) groups is 1. The van der Waals surface area contributed by atoms with Crippen LogP contribution in [0.15, 0.2) is 64.5 Å². The first-order chi connectivity index (χ1) is 11.7. The number of amides is 1. The van der Waals surface area contributed by atoms with Crippen LogP contribution in [0.3, 0.4) is 0 Å². The quantitative estimate of drug-likeness (QED) is 0.492. The molecule has 0 saturated heterocycles. The Morgan fingerprint density at radius 1 is 1.04 bits per heavy atom. The molecule has 118 valence electrons. The standard InChI is InChI=1S/C18H12BrN3OS/c19-16-10-9-15(24-16)18(23)22-12-6-2-1-5-11(12)17-20-13-7-3-4-8-14(13)21-17/h1-10H,(H,20,21)(H,22,23). The molecule has 0 bridgehead atoms. The van der Waals surface area contributed by atoms with Crippen molar-refractivity contribution in [3.8, 4) is 11.4 Å². The molecule has 0 aliphatic heterocycles. The molecule has 2 heterocycles. The van der Waals surface area contributed by atoms with Crippen LogP contribution in [0.5, 0.6) is 0 Å². The molecule has 2 aromatic carbocycles. The second kappa shape index (κ2) is 6.22. The van der Waals surface area contributed by atoms with Crippen LogP contribution in [-0.4, -0.2) is 15.9 Å². The Kier molecular flexibility index (Phi) is 3.92. The number of imidazole rings is 1. The molecular weight excluding hydrogens is 386 g/mol. The average Bonchev–Trinajstić information content (AvgIpc) is 3.21. The number of thiophene rings is 1. The van der Waals surface area contributed by atoms with E-state index in [1.54, 1.807) is 6.07 Å². The topological polar surface area (TPSA) is 57.8 Å². The summed E-state index contributed by atoms with van der Waals surface area (Å²) in [5.74, 6) is 0.605. The first-order valence-corrected chi connectivity index (χ1v) is 8.92. The molecule has 4 rings (SSSR count). The number of aromatic nitrogens is 2. The summed E-state index contributed by atoms with van der Waals surface area (Å²) in [6.07, 6.45) is 0. The highest BCUT2D eigenvalue weighted by Gasteiger charge is 2.14. The molecule has 0 unspecified atom stereocenters. The molecule has 4 nitrogen and oxygen atoms in total. The van der Waals surface area contributed by atoms with Crippen LogP contribution in [0.1, 0.15) is 9.67 Å². The number of anilines is 1. The van der Waals surface area contributed by atoms with Gasteiger partial charge in [-0.05, 0) is 52.3 Å². The highest BCUT2D eigenvalue weighted by molar-refractivity contribution is 9.11. The van der Waals surface area contributed by atoms with E-state index in [1.807, 2.05) is 54.6 Å². The number of nitrogens with zero attached hydrogens (tertiary/aromatic N) is 1. The Labute approximate surface area is 150 Å². The highest BCUT2D eigenvalue weighted by atomic mass is 79.9. The van der Waals surface area contributed by atoms with E-state index in [1.165, 1.54) is 11.3 Å². The maximum atomic E-state index is 12.4. The van der Waals surface area contributed by atoms with Gasteiger partial charge in [0.05, 0.1) is 25.4 Å². The van der Waals surface area contributed by atoms with E-state index in [4.69, 9.17) is 0 Å². The van der Waals surface area contributed by atoms with Crippen LogP contribution in [0.25, 0.3) is 22.4 Å². The van der Waals surface area contributed by atoms with Crippen molar-refractivity contribution in [1.82, 2.24) is 9.97 Å². The largest absolute Gasteiger partial charge is 0.338 e. The zero-order valence-electron chi connectivity index (χ0n) is 12.4. The summed E-state index contributed by atoms with van der Waals surface area (Å²) in [4.78, 5) is 21.0. The minimum Gasteiger partial charge on any atom is -0.338 e. The summed E-state index contributed by atoms with van der Waals surface area (Å²) < 4.78 is 0.929. The summed E-state index contributed by atoms with van der Waals surface area (Å²) in [5, 5.41) is 2.97. The molecule has 2 aromatic heterocycles. The first kappa shape index (κ1) is 15.1. The van der Waals surface area contributed by atoms with Gasteiger partial charge in [0, 0.05) is 5.56 Å². The third-order valence-electron chi connectivity index (χ3n) is 3.62. The number of halogens is 1. The third-order valence-corrected chi connectivity index (χ3v) is 5.24. The number of hydrogen-bond acceptors (Lipinski definition) is 3. The van der Waals surface area contributed by atoms with Crippen molar-refractivity contribution in [2.24, 2.45) is 0 Å². The fourth-order valence-electron chi connectivity index (χ4n) is 2.50. The predicted octanol–water partition coefficient (Wildman–Crippen LogP) is 5.31. The maximum absolute atomic E-state index is 12.4. The number of nitrogens with one attached hydrogen (secondary N) is 2. The molecule has 0 atom stereocenters. The first-order valence-electron chi connectivity index (χ1n) is 7.31. The van der Waals surface area contributed by atoms with E-state index in [0.29, 0.717) is 4.88 Å². The number of H-pyrrole nitrogens is 1. The minimum absolute atomic E-state index is 0.130. The van der Waals surface area contributed by atoms with E-state index in [2.05, 4.69) is 31.2 Å². The number of rotatable bonds is 3. The second-order valence-electron chi connectivity index (χ2n) is 5.21. The van der Waals surface area contributed by atoms with Gasteiger partial charge >= 0.3 is 0 Å². The summed E-state index contributed by atoms with van der Waals surface area (Å²) >= 11 is 4.78. The van der Waals surface area contributed by atoms with Gasteiger partial charge in [0.25, 0.3) is 5.91 Å². The van der Waals surface area contributed by atoms with E-state index < -0.39 is 0 Å². The van der Waals surface area contributed by atoms with Gasteiger partial charge in [-0.2, -0.15) is 0 Å². The van der Waals surface area contributed by atoms with Gasteiger partial charge in [0.15, 0.2) is 0 Å². The number of benzene rings is 2. The van der Waals surface area contributed by atoms with Crippen LogP contribution >= 0.6 is 27.3 Å². The summed E-state index contributed by atoms with van der Waals surface area (Å²) in [6.45, 7) is 0. The normalized spacial score (nSPS) is 10.9. The smallest absolute Gasteiger partial charge is 0.265 e. The van der Waals surface area contributed by atoms with Crippen molar-refractivity contribution < 1.29 is 4.79 Å². The lowest BCUT2D eigenvalue weighted by molar-refractivity contribution is 0.103. The van der Waals surface area contributed by atoms with Crippen molar-refractivity contribution in [3.63, 3.8) is 0 Å². The fourth-order valence-corrected chi connectivity index (χ4v) is 3.78. The molecule has 0 saturated carbocycles. The van der Waals surface area contributed by atoms with Gasteiger partial charge < -0.3 is 10.3 Å². The van der Waals surface area contributed by atoms with E-state index in [0.717, 1.165) is 31.9 Å². The number of fused-ring (bicyclic) bond motifs is 1. The average molecular weight is 398 g/mol. The lowest BCUT2D eigenvalue weighted by Crippen LogP contribution is -2.11. The van der Waals surface area contributed by atoms with Crippen LogP contribution in [0, 0.1) is 0 Å². The molecule has 0 radical (unpaired) electrons. The van der Waals surface area contributed by atoms with Crippen LogP contribution in [0.2, 0.25) is 0 Å². The van der Waals surface area contributed by atoms with E-state index in [-0.39, 0.29) is 5.91 Å². The van der Waals surface area contributed by atoms with Gasteiger partial charge in [-0.25, -0.2) is 4.98 Å². The number of aromatic amines is 1. The van der Waals surface area contributed by atoms with Gasteiger partial charge in [-0.1, -0.05) is 24.3 Å². The zero-order chi connectivity index (χ0) is 16.5. The highest BCUT2D eigenvalue weighted by Crippen LogP contribution is 2.29. The van der Waals surface area contributed by atoms with E-state index in [9.17, 15) is 4.79 Å². The van der Waals surface area contributed by atoms with Crippen molar-refractivity contribution in [2.45, 2.75) is 0 Å². The summed E-state index contributed by atoms with van der Waals surface area (Å²) in [6, 6.07) is 19.2. The molecule has 0 fully saturated rings. The minimum atomic E-state index is -0.130. The number of carbonyl (C=O) groups excluding carboxylic acids is 1. The SMILES string of the molecule is O=C(Nc1ccccc1-c1nc2ccccc2[nH]1)c1ccc(Br)s1. The van der Waals surface area contributed by atoms with Gasteiger partial charge in [-0.3, -0.25) is 4.79 Å². The third kappa shape index (κ3) is 2.86. The lowest BCUT2D eigenvalue weighted by Gasteiger charge is -2.08. The van der Waals surface area contributed by atoms with Crippen LogP contribution < -0.4 is 5.32 Å². The van der Waals surface area contributed by atoms with Crippen molar-refractivity contribution in [3.05, 3.63) is 69.3 Å². The summed E-state index contributed by atoms with van der Waals surface area (Å²) in [7, 11) is 0. The van der Waals surface area contributed by atoms with Crippen molar-refractivity contribution in [2.75, 3.05) is 5.32 Å². The van der Waals surface area contributed by atoms with Gasteiger partial charge in [0.2, 0.25) is 0 Å². The Hall–Kier alpha value is -2.44. The maximum Gasteiger partial charge on any atom is 0.265 e. The number of para-hydroxylation sites is 3. The van der Waals surface area contributed by atoms with E-state index >= 15 is 0 Å². The van der Waals surface area contributed by atoms with Crippen molar-refractivity contribution in [1.29, 1.82) is 0 Å².